The highest BCUT2D eigenvalue weighted by Crippen LogP contribution is 2.35. The van der Waals surface area contributed by atoms with Crippen LogP contribution in [-0.4, -0.2) is 27.3 Å². The van der Waals surface area contributed by atoms with Gasteiger partial charge < -0.3 is 5.32 Å². The molecular formula is C26H31N3O2S2. The number of aryl methyl sites for hydroxylation is 3. The Labute approximate surface area is 203 Å². The maximum Gasteiger partial charge on any atom is 0.267 e. The first-order chi connectivity index (χ1) is 16.1. The van der Waals surface area contributed by atoms with E-state index in [1.54, 1.807) is 15.9 Å². The van der Waals surface area contributed by atoms with Gasteiger partial charge in [-0.05, 0) is 63.1 Å². The molecule has 174 valence electrons. The lowest BCUT2D eigenvalue weighted by atomic mass is 9.97. The number of thiophene rings is 1. The number of fused-ring (bicyclic) bond motifs is 3. The third-order valence-corrected chi connectivity index (χ3v) is 8.93. The van der Waals surface area contributed by atoms with Gasteiger partial charge in [0.05, 0.1) is 16.8 Å². The minimum Gasteiger partial charge on any atom is -0.353 e. The van der Waals surface area contributed by atoms with Crippen LogP contribution in [0, 0.1) is 6.92 Å². The van der Waals surface area contributed by atoms with Crippen LogP contribution in [0.15, 0.2) is 34.2 Å². The molecule has 7 heteroatoms. The van der Waals surface area contributed by atoms with E-state index in [0.717, 1.165) is 53.6 Å². The minimum absolute atomic E-state index is 0.00470. The number of carbonyl (C=O) groups is 1. The van der Waals surface area contributed by atoms with Gasteiger partial charge in [-0.25, -0.2) is 4.98 Å². The van der Waals surface area contributed by atoms with Gasteiger partial charge >= 0.3 is 0 Å². The monoisotopic (exact) mass is 481 g/mol. The Kier molecular flexibility index (Phi) is 6.88. The van der Waals surface area contributed by atoms with Crippen LogP contribution in [0.1, 0.15) is 67.4 Å². The Bertz CT molecular complexity index is 1200. The van der Waals surface area contributed by atoms with Gasteiger partial charge in [0.15, 0.2) is 5.16 Å². The summed E-state index contributed by atoms with van der Waals surface area (Å²) < 4.78 is 1.72. The molecule has 0 atom stereocenters. The average Bonchev–Trinajstić information content (AvgIpc) is 2.99. The van der Waals surface area contributed by atoms with Crippen molar-refractivity contribution in [1.29, 1.82) is 0 Å². The molecule has 0 aliphatic heterocycles. The van der Waals surface area contributed by atoms with Crippen LogP contribution in [0.5, 0.6) is 0 Å². The number of nitrogens with zero attached hydrogens (tertiary/aromatic N) is 2. The second kappa shape index (κ2) is 10.0. The molecule has 1 fully saturated rings. The summed E-state index contributed by atoms with van der Waals surface area (Å²) in [7, 11) is 0. The standard InChI is InChI=1S/C26H31N3O2S2/c1-17-12-14-19(15-13-17)29-25(31)23-20-10-6-7-11-21(20)33-24(23)28-26(29)32-16-22(30)27-18-8-4-2-3-5-9-18/h12-15,18H,2-11,16H2,1H3,(H,27,30). The second-order valence-corrected chi connectivity index (χ2v) is 11.3. The maximum absolute atomic E-state index is 13.8. The molecule has 2 heterocycles. The lowest BCUT2D eigenvalue weighted by Crippen LogP contribution is -2.35. The second-order valence-electron chi connectivity index (χ2n) is 9.31. The summed E-state index contributed by atoms with van der Waals surface area (Å²) in [6.07, 6.45) is 11.3. The van der Waals surface area contributed by atoms with E-state index in [2.05, 4.69) is 5.32 Å². The fourth-order valence-corrected chi connectivity index (χ4v) is 7.15. The van der Waals surface area contributed by atoms with Crippen LogP contribution in [-0.2, 0) is 17.6 Å². The molecule has 1 aromatic carbocycles. The van der Waals surface area contributed by atoms with Crippen molar-refractivity contribution in [1.82, 2.24) is 14.9 Å². The van der Waals surface area contributed by atoms with E-state index in [1.807, 2.05) is 31.2 Å². The molecule has 0 bridgehead atoms. The number of benzene rings is 1. The van der Waals surface area contributed by atoms with Gasteiger partial charge in [-0.1, -0.05) is 55.1 Å². The Morgan fingerprint density at radius 2 is 1.82 bits per heavy atom. The molecule has 0 unspecified atom stereocenters. The summed E-state index contributed by atoms with van der Waals surface area (Å²) >= 11 is 3.03. The van der Waals surface area contributed by atoms with Crippen LogP contribution in [0.25, 0.3) is 15.9 Å². The lowest BCUT2D eigenvalue weighted by molar-refractivity contribution is -0.119. The minimum atomic E-state index is -0.00470. The highest BCUT2D eigenvalue weighted by Gasteiger charge is 2.23. The summed E-state index contributed by atoms with van der Waals surface area (Å²) in [5, 5.41) is 4.60. The van der Waals surface area contributed by atoms with Crippen molar-refractivity contribution in [2.45, 2.75) is 82.3 Å². The van der Waals surface area contributed by atoms with Crippen LogP contribution < -0.4 is 10.9 Å². The zero-order valence-corrected chi connectivity index (χ0v) is 20.8. The van der Waals surface area contributed by atoms with Gasteiger partial charge in [0, 0.05) is 10.9 Å². The van der Waals surface area contributed by atoms with Crippen molar-refractivity contribution in [3.05, 3.63) is 50.6 Å². The fraction of sp³-hybridized carbons (Fsp3) is 0.500. The van der Waals surface area contributed by atoms with E-state index in [-0.39, 0.29) is 23.3 Å². The predicted octanol–water partition coefficient (Wildman–Crippen LogP) is 5.57. The van der Waals surface area contributed by atoms with Gasteiger partial charge in [-0.2, -0.15) is 0 Å². The largest absolute Gasteiger partial charge is 0.353 e. The molecule has 0 spiro atoms. The van der Waals surface area contributed by atoms with Gasteiger partial charge in [0.1, 0.15) is 4.83 Å². The number of nitrogens with one attached hydrogen (secondary N) is 1. The number of aromatic nitrogens is 2. The normalized spacial score (nSPS) is 17.0. The van der Waals surface area contributed by atoms with Gasteiger partial charge in [0.2, 0.25) is 5.91 Å². The number of rotatable bonds is 5. The van der Waals surface area contributed by atoms with Crippen LogP contribution >= 0.6 is 23.1 Å². The quantitative estimate of drug-likeness (QED) is 0.294. The molecule has 1 saturated carbocycles. The highest BCUT2D eigenvalue weighted by atomic mass is 32.2. The SMILES string of the molecule is Cc1ccc(-n2c(SCC(=O)NC3CCCCCC3)nc3sc4c(c3c2=O)CCCC4)cc1. The van der Waals surface area contributed by atoms with E-state index in [0.29, 0.717) is 5.16 Å². The van der Waals surface area contributed by atoms with Crippen LogP contribution in [0.4, 0.5) is 0 Å². The summed E-state index contributed by atoms with van der Waals surface area (Å²) in [4.78, 5) is 33.6. The Balaban J connectivity index is 1.47. The third kappa shape index (κ3) is 4.90. The smallest absolute Gasteiger partial charge is 0.267 e. The lowest BCUT2D eigenvalue weighted by Gasteiger charge is -2.17. The first-order valence-corrected chi connectivity index (χ1v) is 14.0. The summed E-state index contributed by atoms with van der Waals surface area (Å²) in [5.74, 6) is 0.299. The van der Waals surface area contributed by atoms with Crippen molar-refractivity contribution < 1.29 is 4.79 Å². The van der Waals surface area contributed by atoms with E-state index in [4.69, 9.17) is 4.98 Å². The van der Waals surface area contributed by atoms with Crippen molar-refractivity contribution in [2.24, 2.45) is 0 Å². The molecule has 5 nitrogen and oxygen atoms in total. The topological polar surface area (TPSA) is 64.0 Å². The third-order valence-electron chi connectivity index (χ3n) is 6.80. The first kappa shape index (κ1) is 22.7. The zero-order valence-electron chi connectivity index (χ0n) is 19.2. The number of hydrogen-bond donors (Lipinski definition) is 1. The van der Waals surface area contributed by atoms with Gasteiger partial charge in [0.25, 0.3) is 5.56 Å². The van der Waals surface area contributed by atoms with E-state index in [9.17, 15) is 9.59 Å². The van der Waals surface area contributed by atoms with Crippen LogP contribution in [0.3, 0.4) is 0 Å². The van der Waals surface area contributed by atoms with Crippen molar-refractivity contribution >= 4 is 39.2 Å². The summed E-state index contributed by atoms with van der Waals surface area (Å²) in [6.45, 7) is 2.04. The average molecular weight is 482 g/mol. The molecule has 3 aromatic rings. The number of carbonyl (C=O) groups excluding carboxylic acids is 1. The van der Waals surface area contributed by atoms with Crippen molar-refractivity contribution in [3.8, 4) is 5.69 Å². The fourth-order valence-electron chi connectivity index (χ4n) is 5.03. The molecule has 33 heavy (non-hydrogen) atoms. The predicted molar refractivity (Wildman–Crippen MR) is 137 cm³/mol. The number of amides is 1. The van der Waals surface area contributed by atoms with Gasteiger partial charge in [-0.3, -0.25) is 14.2 Å². The van der Waals surface area contributed by atoms with E-state index < -0.39 is 0 Å². The number of thioether (sulfide) groups is 1. The molecule has 0 radical (unpaired) electrons. The van der Waals surface area contributed by atoms with Crippen molar-refractivity contribution in [3.63, 3.8) is 0 Å². The van der Waals surface area contributed by atoms with E-state index in [1.165, 1.54) is 54.3 Å². The Hall–Kier alpha value is -2.12. The van der Waals surface area contributed by atoms with Crippen LogP contribution in [0.2, 0.25) is 0 Å². The molecule has 1 N–H and O–H groups in total. The molecular weight excluding hydrogens is 450 g/mol. The van der Waals surface area contributed by atoms with Crippen molar-refractivity contribution in [2.75, 3.05) is 5.75 Å². The summed E-state index contributed by atoms with van der Waals surface area (Å²) in [6, 6.07) is 8.25. The zero-order chi connectivity index (χ0) is 22.8. The highest BCUT2D eigenvalue weighted by molar-refractivity contribution is 7.99. The molecule has 2 aromatic heterocycles. The Morgan fingerprint density at radius 3 is 2.58 bits per heavy atom. The summed E-state index contributed by atoms with van der Waals surface area (Å²) in [5.41, 5.74) is 3.14. The molecule has 0 saturated heterocycles. The Morgan fingerprint density at radius 1 is 1.09 bits per heavy atom. The molecule has 2 aliphatic carbocycles. The first-order valence-electron chi connectivity index (χ1n) is 12.2. The maximum atomic E-state index is 13.8. The molecule has 5 rings (SSSR count). The molecule has 1 amide bonds. The molecule has 2 aliphatic rings. The van der Waals surface area contributed by atoms with E-state index >= 15 is 0 Å². The number of hydrogen-bond acceptors (Lipinski definition) is 5. The van der Waals surface area contributed by atoms with Gasteiger partial charge in [-0.15, -0.1) is 11.3 Å².